The normalized spacial score (nSPS) is 52.2. The molecular weight excluding hydrogens is 256 g/mol. The van der Waals surface area contributed by atoms with Gasteiger partial charge in [0.05, 0.1) is 0 Å². The number of hydrogen-bond acceptors (Lipinski definition) is 0. The first kappa shape index (κ1) is 7.60. The maximum Gasteiger partial charge on any atom is 0.0213 e. The second-order valence-electron chi connectivity index (χ2n) is 3.60. The summed E-state index contributed by atoms with van der Waals surface area (Å²) in [5.41, 5.74) is 0. The van der Waals surface area contributed by atoms with Crippen molar-refractivity contribution in [1.82, 2.24) is 0 Å². The fourth-order valence-electron chi connectivity index (χ4n) is 2.55. The summed E-state index contributed by atoms with van der Waals surface area (Å²) in [6, 6.07) is 0. The molecule has 0 spiro atoms. The van der Waals surface area contributed by atoms with Gasteiger partial charge in [-0.2, -0.15) is 0 Å². The van der Waals surface area contributed by atoms with Gasteiger partial charge < -0.3 is 0 Å². The number of rotatable bonds is 1. The summed E-state index contributed by atoms with van der Waals surface area (Å²) in [6.07, 6.45) is 4.46. The minimum atomic E-state index is 0.825. The molecule has 0 saturated heterocycles. The number of hydrogen-bond donors (Lipinski definition) is 0. The summed E-state index contributed by atoms with van der Waals surface area (Å²) < 4.78 is 0. The van der Waals surface area contributed by atoms with E-state index in [1.54, 1.807) is 0 Å². The molecule has 10 heavy (non-hydrogen) atoms. The molecule has 2 rings (SSSR count). The van der Waals surface area contributed by atoms with Gasteiger partial charge in [-0.1, -0.05) is 31.9 Å². The first-order chi connectivity index (χ1) is 4.83. The third kappa shape index (κ3) is 0.989. The van der Waals surface area contributed by atoms with E-state index in [4.69, 9.17) is 0 Å². The summed E-state index contributed by atoms with van der Waals surface area (Å²) >= 11 is 7.38. The van der Waals surface area contributed by atoms with Crippen LogP contribution in [0.4, 0.5) is 0 Å². The van der Waals surface area contributed by atoms with Crippen molar-refractivity contribution >= 4 is 31.9 Å². The molecule has 0 nitrogen and oxygen atoms in total. The lowest BCUT2D eigenvalue weighted by Gasteiger charge is -2.24. The summed E-state index contributed by atoms with van der Waals surface area (Å²) in [6.45, 7) is 0. The largest absolute Gasteiger partial charge is 0.0925 e. The van der Waals surface area contributed by atoms with Crippen LogP contribution in [-0.4, -0.2) is 10.2 Å². The molecule has 0 aromatic carbocycles. The second kappa shape index (κ2) is 2.78. The van der Waals surface area contributed by atoms with Gasteiger partial charge in [-0.3, -0.25) is 0 Å². The first-order valence-electron chi connectivity index (χ1n) is 4.03. The van der Waals surface area contributed by atoms with Gasteiger partial charge in [0.1, 0.15) is 0 Å². The van der Waals surface area contributed by atoms with Crippen LogP contribution in [0.3, 0.4) is 0 Å². The molecule has 2 bridgehead atoms. The van der Waals surface area contributed by atoms with E-state index >= 15 is 0 Å². The lowest BCUT2D eigenvalue weighted by Crippen LogP contribution is -2.23. The third-order valence-corrected chi connectivity index (χ3v) is 5.33. The molecule has 0 aliphatic heterocycles. The fraction of sp³-hybridized carbons (Fsp3) is 1.00. The standard InChI is InChI=1S/C8H12Br2/c9-4-7-5-1-2-6(3-5)8(7)10/h5-8H,1-4H2. The summed E-state index contributed by atoms with van der Waals surface area (Å²) in [7, 11) is 0. The third-order valence-electron chi connectivity index (χ3n) is 3.16. The van der Waals surface area contributed by atoms with Crippen LogP contribution in [0.1, 0.15) is 19.3 Å². The Bertz CT molecular complexity index is 133. The Morgan fingerprint density at radius 1 is 1.20 bits per heavy atom. The van der Waals surface area contributed by atoms with Gasteiger partial charge in [-0.15, -0.1) is 0 Å². The Kier molecular flexibility index (Phi) is 2.11. The highest BCUT2D eigenvalue weighted by Crippen LogP contribution is 2.51. The van der Waals surface area contributed by atoms with Gasteiger partial charge in [0.2, 0.25) is 0 Å². The Labute approximate surface area is 79.0 Å². The molecule has 0 radical (unpaired) electrons. The Morgan fingerprint density at radius 3 is 2.30 bits per heavy atom. The van der Waals surface area contributed by atoms with Crippen LogP contribution in [0.5, 0.6) is 0 Å². The van der Waals surface area contributed by atoms with Gasteiger partial charge >= 0.3 is 0 Å². The minimum Gasteiger partial charge on any atom is -0.0925 e. The quantitative estimate of drug-likeness (QED) is 0.640. The van der Waals surface area contributed by atoms with E-state index in [1.165, 1.54) is 24.6 Å². The predicted molar refractivity (Wildman–Crippen MR) is 50.8 cm³/mol. The average Bonchev–Trinajstić information content (AvgIpc) is 2.46. The Hall–Kier alpha value is 0.960. The predicted octanol–water partition coefficient (Wildman–Crippen LogP) is 3.19. The van der Waals surface area contributed by atoms with Crippen molar-refractivity contribution in [3.63, 3.8) is 0 Å². The topological polar surface area (TPSA) is 0 Å². The molecule has 0 aromatic rings. The molecule has 2 fully saturated rings. The van der Waals surface area contributed by atoms with Crippen molar-refractivity contribution in [3.05, 3.63) is 0 Å². The van der Waals surface area contributed by atoms with Crippen LogP contribution < -0.4 is 0 Å². The van der Waals surface area contributed by atoms with Gasteiger partial charge in [0.15, 0.2) is 0 Å². The van der Waals surface area contributed by atoms with E-state index in [-0.39, 0.29) is 0 Å². The zero-order valence-corrected chi connectivity index (χ0v) is 9.07. The van der Waals surface area contributed by atoms with Crippen LogP contribution in [0, 0.1) is 17.8 Å². The van der Waals surface area contributed by atoms with E-state index in [0.717, 1.165) is 22.6 Å². The highest BCUT2D eigenvalue weighted by molar-refractivity contribution is 9.10. The van der Waals surface area contributed by atoms with Crippen LogP contribution in [-0.2, 0) is 0 Å². The molecule has 2 aliphatic rings. The van der Waals surface area contributed by atoms with E-state index in [2.05, 4.69) is 31.9 Å². The highest BCUT2D eigenvalue weighted by Gasteiger charge is 2.45. The fourth-order valence-corrected chi connectivity index (χ4v) is 5.08. The molecule has 58 valence electrons. The number of halogens is 2. The molecule has 4 atom stereocenters. The maximum absolute atomic E-state index is 3.79. The molecule has 2 aliphatic carbocycles. The van der Waals surface area contributed by atoms with Crippen molar-refractivity contribution in [2.24, 2.45) is 17.8 Å². The lowest BCUT2D eigenvalue weighted by atomic mass is 9.90. The first-order valence-corrected chi connectivity index (χ1v) is 6.06. The number of alkyl halides is 2. The monoisotopic (exact) mass is 266 g/mol. The lowest BCUT2D eigenvalue weighted by molar-refractivity contribution is 0.382. The zero-order chi connectivity index (χ0) is 7.14. The van der Waals surface area contributed by atoms with Gasteiger partial charge in [-0.25, -0.2) is 0 Å². The molecule has 2 saturated carbocycles. The van der Waals surface area contributed by atoms with Crippen molar-refractivity contribution in [1.29, 1.82) is 0 Å². The second-order valence-corrected chi connectivity index (χ2v) is 5.30. The summed E-state index contributed by atoms with van der Waals surface area (Å²) in [4.78, 5) is 0.825. The van der Waals surface area contributed by atoms with Crippen LogP contribution in [0.25, 0.3) is 0 Å². The molecule has 0 heterocycles. The van der Waals surface area contributed by atoms with Crippen molar-refractivity contribution < 1.29 is 0 Å². The van der Waals surface area contributed by atoms with E-state index < -0.39 is 0 Å². The van der Waals surface area contributed by atoms with E-state index in [0.29, 0.717) is 0 Å². The van der Waals surface area contributed by atoms with Crippen molar-refractivity contribution in [3.8, 4) is 0 Å². The smallest absolute Gasteiger partial charge is 0.0213 e. The zero-order valence-electron chi connectivity index (χ0n) is 5.89. The summed E-state index contributed by atoms with van der Waals surface area (Å²) in [5, 5.41) is 1.20. The van der Waals surface area contributed by atoms with Gasteiger partial charge in [-0.05, 0) is 37.0 Å². The van der Waals surface area contributed by atoms with E-state index in [9.17, 15) is 0 Å². The Balaban J connectivity index is 2.10. The SMILES string of the molecule is BrCC1C2CCC(C2)C1Br. The molecule has 0 amide bonds. The summed E-state index contributed by atoms with van der Waals surface area (Å²) in [5.74, 6) is 2.97. The minimum absolute atomic E-state index is 0.825. The van der Waals surface area contributed by atoms with Crippen molar-refractivity contribution in [2.75, 3.05) is 5.33 Å². The van der Waals surface area contributed by atoms with E-state index in [1.807, 2.05) is 0 Å². The van der Waals surface area contributed by atoms with Gasteiger partial charge in [0.25, 0.3) is 0 Å². The Morgan fingerprint density at radius 2 is 1.90 bits per heavy atom. The van der Waals surface area contributed by atoms with Crippen LogP contribution >= 0.6 is 31.9 Å². The molecule has 2 heteroatoms. The molecule has 0 N–H and O–H groups in total. The van der Waals surface area contributed by atoms with Crippen molar-refractivity contribution in [2.45, 2.75) is 24.1 Å². The molecule has 0 aromatic heterocycles. The maximum atomic E-state index is 3.79. The van der Waals surface area contributed by atoms with Gasteiger partial charge in [0, 0.05) is 10.2 Å². The van der Waals surface area contributed by atoms with Crippen LogP contribution in [0.2, 0.25) is 0 Å². The molecule has 4 unspecified atom stereocenters. The average molecular weight is 268 g/mol. The highest BCUT2D eigenvalue weighted by atomic mass is 79.9. The molecular formula is C8H12Br2. The number of fused-ring (bicyclic) bond motifs is 2. The van der Waals surface area contributed by atoms with Crippen LogP contribution in [0.15, 0.2) is 0 Å².